The summed E-state index contributed by atoms with van der Waals surface area (Å²) in [5, 5.41) is 0. The quantitative estimate of drug-likeness (QED) is 0.486. The molecule has 0 fully saturated rings. The van der Waals surface area contributed by atoms with Crippen molar-refractivity contribution < 1.29 is 40.7 Å². The highest BCUT2D eigenvalue weighted by molar-refractivity contribution is 6.05. The van der Waals surface area contributed by atoms with Crippen LogP contribution < -0.4 is 15.5 Å². The molecule has 13 heteroatoms. The number of amides is 2. The molecular weight excluding hydrogens is 456 g/mol. The van der Waals surface area contributed by atoms with E-state index in [0.717, 1.165) is 9.80 Å². The summed E-state index contributed by atoms with van der Waals surface area (Å²) in [5.74, 6) is -0.669. The van der Waals surface area contributed by atoms with Gasteiger partial charge in [0, 0.05) is 19.4 Å². The molecule has 0 aromatic heterocycles. The molecule has 0 aliphatic carbocycles. The van der Waals surface area contributed by atoms with Gasteiger partial charge in [0.15, 0.2) is 0 Å². The number of nitrogens with two attached hydrogens (primary N) is 1. The van der Waals surface area contributed by atoms with Gasteiger partial charge in [-0.25, -0.2) is 4.79 Å². The third-order valence-electron chi connectivity index (χ3n) is 4.32. The summed E-state index contributed by atoms with van der Waals surface area (Å²) in [6.07, 6.45) is -12.8. The smallest absolute Gasteiger partial charge is 0.414 e. The van der Waals surface area contributed by atoms with Crippen molar-refractivity contribution in [1.82, 2.24) is 0 Å². The van der Waals surface area contributed by atoms with Gasteiger partial charge in [-0.05, 0) is 25.0 Å². The van der Waals surface area contributed by atoms with Crippen LogP contribution in [0.15, 0.2) is 24.3 Å². The fraction of sp³-hybridized carbons (Fsp3) is 0.556. The van der Waals surface area contributed by atoms with E-state index >= 15 is 0 Å². The first-order valence-corrected chi connectivity index (χ1v) is 9.13. The van der Waals surface area contributed by atoms with Crippen LogP contribution in [0.3, 0.4) is 0 Å². The molecule has 1 aromatic carbocycles. The highest BCUT2D eigenvalue weighted by atomic mass is 35.5. The summed E-state index contributed by atoms with van der Waals surface area (Å²) in [4.78, 5) is 27.1. The lowest BCUT2D eigenvalue weighted by Crippen LogP contribution is -2.48. The Morgan fingerprint density at radius 1 is 1.03 bits per heavy atom. The maximum Gasteiger partial charge on any atom is 0.414 e. The molecule has 1 heterocycles. The maximum absolute atomic E-state index is 12.6. The van der Waals surface area contributed by atoms with Gasteiger partial charge in [0.2, 0.25) is 5.91 Å². The van der Waals surface area contributed by atoms with Gasteiger partial charge in [-0.1, -0.05) is 12.1 Å². The van der Waals surface area contributed by atoms with Crippen LogP contribution in [0.4, 0.5) is 42.5 Å². The van der Waals surface area contributed by atoms with Crippen molar-refractivity contribution in [1.29, 1.82) is 0 Å². The number of anilines is 2. The second-order valence-electron chi connectivity index (χ2n) is 6.75. The Hall–Kier alpha value is -2.21. The van der Waals surface area contributed by atoms with E-state index in [1.54, 1.807) is 0 Å². The average molecular weight is 478 g/mol. The number of fused-ring (bicyclic) bond motifs is 1. The van der Waals surface area contributed by atoms with Gasteiger partial charge in [0.1, 0.15) is 6.04 Å². The first kappa shape index (κ1) is 26.8. The Labute approximate surface area is 180 Å². The van der Waals surface area contributed by atoms with Crippen LogP contribution in [0.1, 0.15) is 25.7 Å². The number of benzene rings is 1. The normalized spacial score (nSPS) is 17.0. The zero-order chi connectivity index (χ0) is 22.5. The van der Waals surface area contributed by atoms with Gasteiger partial charge >= 0.3 is 18.4 Å². The number of alkyl halides is 6. The summed E-state index contributed by atoms with van der Waals surface area (Å²) >= 11 is 0. The minimum absolute atomic E-state index is 0. The number of hydrogen-bond acceptors (Lipinski definition) is 4. The number of para-hydroxylation sites is 2. The molecule has 31 heavy (non-hydrogen) atoms. The van der Waals surface area contributed by atoms with E-state index in [2.05, 4.69) is 0 Å². The van der Waals surface area contributed by atoms with Crippen molar-refractivity contribution in [2.45, 2.75) is 44.1 Å². The van der Waals surface area contributed by atoms with Crippen LogP contribution in [-0.2, 0) is 9.53 Å². The molecule has 6 nitrogen and oxygen atoms in total. The van der Waals surface area contributed by atoms with Gasteiger partial charge < -0.3 is 15.4 Å². The van der Waals surface area contributed by atoms with E-state index in [0.29, 0.717) is 0 Å². The second kappa shape index (κ2) is 10.9. The third kappa shape index (κ3) is 8.09. The lowest BCUT2D eigenvalue weighted by molar-refractivity contribution is -0.137. The first-order valence-electron chi connectivity index (χ1n) is 9.13. The average Bonchev–Trinajstić information content (AvgIpc) is 2.74. The zero-order valence-electron chi connectivity index (χ0n) is 16.2. The third-order valence-corrected chi connectivity index (χ3v) is 4.32. The van der Waals surface area contributed by atoms with Crippen LogP contribution >= 0.6 is 12.4 Å². The largest absolute Gasteiger partial charge is 0.449 e. The SMILES string of the molecule is Cl.NC1CN(C(=O)OCCCC(F)(F)F)c2ccccc2N(CCCC(F)(F)F)C1=O. The van der Waals surface area contributed by atoms with E-state index in [-0.39, 0.29) is 43.3 Å². The molecule has 0 radical (unpaired) electrons. The summed E-state index contributed by atoms with van der Waals surface area (Å²) in [6.45, 7) is -1.09. The number of hydrogen-bond donors (Lipinski definition) is 1. The molecule has 1 unspecified atom stereocenters. The lowest BCUT2D eigenvalue weighted by Gasteiger charge is -2.25. The monoisotopic (exact) mass is 477 g/mol. The summed E-state index contributed by atoms with van der Waals surface area (Å²) in [5.41, 5.74) is 6.18. The first-order chi connectivity index (χ1) is 13.9. The molecule has 0 saturated heterocycles. The molecule has 0 spiro atoms. The highest BCUT2D eigenvalue weighted by Gasteiger charge is 2.35. The molecule has 176 valence electrons. The Morgan fingerprint density at radius 2 is 1.58 bits per heavy atom. The number of carbonyl (C=O) groups excluding carboxylic acids is 2. The van der Waals surface area contributed by atoms with Crippen molar-refractivity contribution >= 4 is 35.8 Å². The molecule has 0 saturated carbocycles. The second-order valence-corrected chi connectivity index (χ2v) is 6.75. The van der Waals surface area contributed by atoms with Crippen LogP contribution in [-0.4, -0.2) is 50.1 Å². The molecular formula is C18H22ClF6N3O3. The summed E-state index contributed by atoms with van der Waals surface area (Å²) in [7, 11) is 0. The van der Waals surface area contributed by atoms with Gasteiger partial charge in [-0.3, -0.25) is 9.69 Å². The van der Waals surface area contributed by atoms with Crippen molar-refractivity contribution in [2.24, 2.45) is 5.73 Å². The Morgan fingerprint density at radius 3 is 2.16 bits per heavy atom. The van der Waals surface area contributed by atoms with E-state index in [1.165, 1.54) is 24.3 Å². The van der Waals surface area contributed by atoms with E-state index < -0.39 is 56.3 Å². The Balaban J connectivity index is 0.00000480. The van der Waals surface area contributed by atoms with Gasteiger partial charge in [0.05, 0.1) is 24.5 Å². The van der Waals surface area contributed by atoms with Crippen molar-refractivity contribution in [3.05, 3.63) is 24.3 Å². The molecule has 1 aliphatic heterocycles. The molecule has 0 bridgehead atoms. The highest BCUT2D eigenvalue weighted by Crippen LogP contribution is 2.34. The van der Waals surface area contributed by atoms with Gasteiger partial charge in [-0.2, -0.15) is 26.3 Å². The van der Waals surface area contributed by atoms with Crippen LogP contribution in [0.25, 0.3) is 0 Å². The zero-order valence-corrected chi connectivity index (χ0v) is 17.0. The van der Waals surface area contributed by atoms with E-state index in [1.807, 2.05) is 0 Å². The van der Waals surface area contributed by atoms with Gasteiger partial charge in [-0.15, -0.1) is 12.4 Å². The molecule has 1 atom stereocenters. The Kier molecular flexibility index (Phi) is 9.43. The van der Waals surface area contributed by atoms with Crippen molar-refractivity contribution in [3.8, 4) is 0 Å². The molecule has 2 N–H and O–H groups in total. The van der Waals surface area contributed by atoms with Crippen LogP contribution in [0, 0.1) is 0 Å². The Bertz CT molecular complexity index is 760. The van der Waals surface area contributed by atoms with E-state index in [9.17, 15) is 35.9 Å². The summed E-state index contributed by atoms with van der Waals surface area (Å²) in [6, 6.07) is 4.73. The van der Waals surface area contributed by atoms with Crippen LogP contribution in [0.5, 0.6) is 0 Å². The number of ether oxygens (including phenoxy) is 1. The topological polar surface area (TPSA) is 75.9 Å². The number of nitrogens with zero attached hydrogens (tertiary/aromatic N) is 2. The van der Waals surface area contributed by atoms with Crippen molar-refractivity contribution in [3.63, 3.8) is 0 Å². The standard InChI is InChI=1S/C18H21F6N3O3.ClH/c19-17(20,21)7-3-9-26-13-5-1-2-6-14(13)27(11-12(25)15(26)28)16(29)30-10-4-8-18(22,23)24;/h1-2,5-6,12H,3-4,7-11,25H2;1H. The molecule has 2 rings (SSSR count). The maximum atomic E-state index is 12.6. The minimum Gasteiger partial charge on any atom is -0.449 e. The van der Waals surface area contributed by atoms with Crippen LogP contribution in [0.2, 0.25) is 0 Å². The fourth-order valence-electron chi connectivity index (χ4n) is 2.96. The summed E-state index contributed by atoms with van der Waals surface area (Å²) < 4.78 is 79.0. The number of halogens is 7. The number of rotatable bonds is 6. The molecule has 2 amide bonds. The minimum atomic E-state index is -4.39. The van der Waals surface area contributed by atoms with Gasteiger partial charge in [0.25, 0.3) is 0 Å². The predicted octanol–water partition coefficient (Wildman–Crippen LogP) is 4.41. The van der Waals surface area contributed by atoms with E-state index in [4.69, 9.17) is 10.5 Å². The molecule has 1 aliphatic rings. The fourth-order valence-corrected chi connectivity index (χ4v) is 2.96. The lowest BCUT2D eigenvalue weighted by atomic mass is 10.2. The predicted molar refractivity (Wildman–Crippen MR) is 103 cm³/mol. The number of carbonyl (C=O) groups is 2. The van der Waals surface area contributed by atoms with Crippen molar-refractivity contribution in [2.75, 3.05) is 29.5 Å². The molecule has 1 aromatic rings.